The molecule has 4 unspecified atom stereocenters. The number of imidazole rings is 1. The Morgan fingerprint density at radius 3 is 2.79 bits per heavy atom. The van der Waals surface area contributed by atoms with Crippen molar-refractivity contribution in [3.05, 3.63) is 6.33 Å². The third kappa shape index (κ3) is 1.24. The molecule has 98 valence electrons. The van der Waals surface area contributed by atoms with Crippen LogP contribution in [0.4, 0.5) is 11.8 Å². The number of aromatic nitrogens is 4. The van der Waals surface area contributed by atoms with Crippen LogP contribution in [0, 0.1) is 23.7 Å². The van der Waals surface area contributed by atoms with Crippen LogP contribution in [0.5, 0.6) is 0 Å². The molecule has 2 heterocycles. The summed E-state index contributed by atoms with van der Waals surface area (Å²) < 4.78 is 0. The van der Waals surface area contributed by atoms with Gasteiger partial charge in [0, 0.05) is 6.04 Å². The molecule has 4 atom stereocenters. The quantitative estimate of drug-likeness (QED) is 0.755. The number of aromatic amines is 1. The van der Waals surface area contributed by atoms with Crippen LogP contribution in [-0.2, 0) is 0 Å². The first-order valence-electron chi connectivity index (χ1n) is 7.04. The van der Waals surface area contributed by atoms with E-state index in [0.717, 1.165) is 35.0 Å². The molecule has 19 heavy (non-hydrogen) atoms. The number of anilines is 2. The fourth-order valence-corrected chi connectivity index (χ4v) is 4.63. The number of hydrogen-bond donors (Lipinski definition) is 3. The molecule has 2 aromatic heterocycles. The molecule has 6 nitrogen and oxygen atoms in total. The molecule has 0 aromatic carbocycles. The van der Waals surface area contributed by atoms with Gasteiger partial charge in [0.05, 0.1) is 6.33 Å². The lowest BCUT2D eigenvalue weighted by atomic mass is 10.0. The Bertz CT molecular complexity index is 648. The highest BCUT2D eigenvalue weighted by molar-refractivity contribution is 5.83. The van der Waals surface area contributed by atoms with Gasteiger partial charge in [0.2, 0.25) is 5.95 Å². The van der Waals surface area contributed by atoms with Gasteiger partial charge in [-0.15, -0.1) is 0 Å². The zero-order chi connectivity index (χ0) is 12.6. The minimum Gasteiger partial charge on any atom is -0.368 e. The van der Waals surface area contributed by atoms with Gasteiger partial charge in [-0.05, 0) is 42.9 Å². The standard InChI is InChI=1S/C13H16N6/c14-13-18-11-10(15-4-16-11)12(19-13)17-9-7-5-1-2-6(3-5)8(7)9/h4-9H,1-3H2,(H4,14,15,16,17,18,19). The minimum absolute atomic E-state index is 0.288. The molecule has 2 bridgehead atoms. The van der Waals surface area contributed by atoms with Crippen LogP contribution >= 0.6 is 0 Å². The number of fused-ring (bicyclic) bond motifs is 6. The lowest BCUT2D eigenvalue weighted by Crippen LogP contribution is -2.14. The van der Waals surface area contributed by atoms with Crippen molar-refractivity contribution in [1.82, 2.24) is 19.9 Å². The molecule has 3 fully saturated rings. The maximum absolute atomic E-state index is 5.75. The summed E-state index contributed by atoms with van der Waals surface area (Å²) in [6.07, 6.45) is 5.95. The van der Waals surface area contributed by atoms with Crippen LogP contribution in [0.2, 0.25) is 0 Å². The summed E-state index contributed by atoms with van der Waals surface area (Å²) in [7, 11) is 0. The Kier molecular flexibility index (Phi) is 1.67. The third-order valence-corrected chi connectivity index (χ3v) is 5.34. The summed E-state index contributed by atoms with van der Waals surface area (Å²) in [5.74, 6) is 4.74. The second-order valence-corrected chi connectivity index (χ2v) is 6.19. The predicted molar refractivity (Wildman–Crippen MR) is 71.3 cm³/mol. The normalized spacial score (nSPS) is 38.6. The first-order valence-corrected chi connectivity index (χ1v) is 7.04. The van der Waals surface area contributed by atoms with Crippen LogP contribution < -0.4 is 11.1 Å². The van der Waals surface area contributed by atoms with Crippen molar-refractivity contribution in [3.63, 3.8) is 0 Å². The van der Waals surface area contributed by atoms with Crippen molar-refractivity contribution in [2.45, 2.75) is 25.3 Å². The van der Waals surface area contributed by atoms with Gasteiger partial charge in [0.1, 0.15) is 5.52 Å². The number of nitrogen functional groups attached to an aromatic ring is 1. The molecule has 0 spiro atoms. The van der Waals surface area contributed by atoms with E-state index in [1.807, 2.05) is 0 Å². The van der Waals surface area contributed by atoms with E-state index in [-0.39, 0.29) is 5.95 Å². The number of rotatable bonds is 2. The van der Waals surface area contributed by atoms with E-state index in [1.165, 1.54) is 19.3 Å². The summed E-state index contributed by atoms with van der Waals surface area (Å²) in [5, 5.41) is 3.59. The first-order chi connectivity index (χ1) is 9.31. The predicted octanol–water partition coefficient (Wildman–Crippen LogP) is 1.39. The van der Waals surface area contributed by atoms with Gasteiger partial charge in [-0.2, -0.15) is 9.97 Å². The average molecular weight is 256 g/mol. The van der Waals surface area contributed by atoms with Gasteiger partial charge in [0.25, 0.3) is 0 Å². The number of H-pyrrole nitrogens is 1. The van der Waals surface area contributed by atoms with Crippen LogP contribution in [0.15, 0.2) is 6.33 Å². The van der Waals surface area contributed by atoms with Gasteiger partial charge in [-0.1, -0.05) is 0 Å². The molecule has 3 saturated carbocycles. The Labute approximate surface area is 110 Å². The fraction of sp³-hybridized carbons (Fsp3) is 0.615. The zero-order valence-electron chi connectivity index (χ0n) is 10.5. The summed E-state index contributed by atoms with van der Waals surface area (Å²) in [5.41, 5.74) is 7.26. The van der Waals surface area contributed by atoms with Crippen molar-refractivity contribution in [3.8, 4) is 0 Å². The summed E-state index contributed by atoms with van der Waals surface area (Å²) in [6.45, 7) is 0. The van der Waals surface area contributed by atoms with Crippen LogP contribution in [0.3, 0.4) is 0 Å². The second-order valence-electron chi connectivity index (χ2n) is 6.19. The molecule has 0 radical (unpaired) electrons. The maximum Gasteiger partial charge on any atom is 0.224 e. The number of nitrogens with two attached hydrogens (primary N) is 1. The van der Waals surface area contributed by atoms with Crippen molar-refractivity contribution in [2.75, 3.05) is 11.1 Å². The molecular weight excluding hydrogens is 240 g/mol. The Balaban J connectivity index is 1.49. The molecule has 0 aliphatic heterocycles. The number of nitrogens with zero attached hydrogens (tertiary/aromatic N) is 3. The Hall–Kier alpha value is -1.85. The molecule has 4 N–H and O–H groups in total. The molecule has 5 rings (SSSR count). The van der Waals surface area contributed by atoms with Crippen molar-refractivity contribution in [2.24, 2.45) is 23.7 Å². The lowest BCUT2D eigenvalue weighted by molar-refractivity contribution is 0.456. The van der Waals surface area contributed by atoms with Crippen molar-refractivity contribution >= 4 is 22.9 Å². The highest BCUT2D eigenvalue weighted by Crippen LogP contribution is 2.66. The molecular formula is C13H16N6. The Morgan fingerprint density at radius 1 is 1.21 bits per heavy atom. The largest absolute Gasteiger partial charge is 0.368 e. The highest BCUT2D eigenvalue weighted by Gasteiger charge is 2.65. The van der Waals surface area contributed by atoms with E-state index >= 15 is 0 Å². The van der Waals surface area contributed by atoms with Crippen LogP contribution in [0.1, 0.15) is 19.3 Å². The highest BCUT2D eigenvalue weighted by atomic mass is 15.2. The fourth-order valence-electron chi connectivity index (χ4n) is 4.63. The smallest absolute Gasteiger partial charge is 0.224 e. The third-order valence-electron chi connectivity index (χ3n) is 5.34. The van der Waals surface area contributed by atoms with E-state index in [1.54, 1.807) is 6.33 Å². The maximum atomic E-state index is 5.75. The van der Waals surface area contributed by atoms with E-state index < -0.39 is 0 Å². The summed E-state index contributed by atoms with van der Waals surface area (Å²) in [4.78, 5) is 15.7. The van der Waals surface area contributed by atoms with Gasteiger partial charge in [-0.3, -0.25) is 0 Å². The SMILES string of the molecule is Nc1nc(NC2C3C4CCC(C4)C23)c2[nH]cnc2n1. The van der Waals surface area contributed by atoms with Gasteiger partial charge >= 0.3 is 0 Å². The monoisotopic (exact) mass is 256 g/mol. The van der Waals surface area contributed by atoms with Crippen LogP contribution in [-0.4, -0.2) is 26.0 Å². The minimum atomic E-state index is 0.288. The zero-order valence-corrected chi connectivity index (χ0v) is 10.5. The lowest BCUT2D eigenvalue weighted by Gasteiger charge is -2.11. The van der Waals surface area contributed by atoms with Gasteiger partial charge < -0.3 is 16.0 Å². The second kappa shape index (κ2) is 3.18. The van der Waals surface area contributed by atoms with E-state index in [4.69, 9.17) is 5.73 Å². The van der Waals surface area contributed by atoms with E-state index in [2.05, 4.69) is 25.3 Å². The average Bonchev–Trinajstić information content (AvgIpc) is 2.81. The van der Waals surface area contributed by atoms with Crippen molar-refractivity contribution < 1.29 is 0 Å². The molecule has 3 aliphatic rings. The molecule has 6 heteroatoms. The van der Waals surface area contributed by atoms with Gasteiger partial charge in [-0.25, -0.2) is 4.98 Å². The number of hydrogen-bond acceptors (Lipinski definition) is 5. The molecule has 2 aromatic rings. The topological polar surface area (TPSA) is 92.5 Å². The van der Waals surface area contributed by atoms with Crippen molar-refractivity contribution in [1.29, 1.82) is 0 Å². The molecule has 0 amide bonds. The van der Waals surface area contributed by atoms with E-state index in [9.17, 15) is 0 Å². The Morgan fingerprint density at radius 2 is 2.00 bits per heavy atom. The van der Waals surface area contributed by atoms with E-state index in [0.29, 0.717) is 11.7 Å². The number of nitrogens with one attached hydrogen (secondary N) is 2. The van der Waals surface area contributed by atoms with Gasteiger partial charge in [0.15, 0.2) is 11.5 Å². The molecule has 3 aliphatic carbocycles. The summed E-state index contributed by atoms with van der Waals surface area (Å²) >= 11 is 0. The summed E-state index contributed by atoms with van der Waals surface area (Å²) in [6, 6.07) is 0.590. The molecule has 0 saturated heterocycles. The first kappa shape index (κ1) is 10.00. The van der Waals surface area contributed by atoms with Crippen LogP contribution in [0.25, 0.3) is 11.2 Å².